The van der Waals surface area contributed by atoms with Crippen LogP contribution < -0.4 is 10.6 Å². The predicted octanol–water partition coefficient (Wildman–Crippen LogP) is 1.34. The van der Waals surface area contributed by atoms with E-state index in [1.807, 2.05) is 0 Å². The molecule has 1 saturated carbocycles. The highest BCUT2D eigenvalue weighted by Gasteiger charge is 2.39. The summed E-state index contributed by atoms with van der Waals surface area (Å²) in [5.41, 5.74) is -1.18. The number of hydrogen-bond donors (Lipinski definition) is 3. The van der Waals surface area contributed by atoms with Gasteiger partial charge < -0.3 is 15.7 Å². The first kappa shape index (κ1) is 12.8. The lowest BCUT2D eigenvalue weighted by molar-refractivity contribution is -0.143. The van der Waals surface area contributed by atoms with Crippen LogP contribution in [0.3, 0.4) is 0 Å². The van der Waals surface area contributed by atoms with Crippen molar-refractivity contribution in [2.75, 3.05) is 0 Å². The molecule has 1 aliphatic carbocycles. The van der Waals surface area contributed by atoms with E-state index in [1.54, 1.807) is 6.92 Å². The Bertz CT molecular complexity index is 293. The second-order valence-corrected chi connectivity index (χ2v) is 4.60. The molecule has 16 heavy (non-hydrogen) atoms. The number of carbonyl (C=O) groups excluding carboxylic acids is 1. The second-order valence-electron chi connectivity index (χ2n) is 4.60. The first-order valence-electron chi connectivity index (χ1n) is 5.75. The molecule has 0 saturated heterocycles. The lowest BCUT2D eigenvalue weighted by Gasteiger charge is -2.24. The maximum atomic E-state index is 11.5. The summed E-state index contributed by atoms with van der Waals surface area (Å²) in [5, 5.41) is 14.3. The number of carbonyl (C=O) groups is 2. The molecule has 1 fully saturated rings. The van der Waals surface area contributed by atoms with Crippen molar-refractivity contribution in [3.8, 4) is 0 Å². The molecule has 0 radical (unpaired) electrons. The van der Waals surface area contributed by atoms with Crippen molar-refractivity contribution >= 4 is 12.0 Å². The fourth-order valence-electron chi connectivity index (χ4n) is 1.62. The van der Waals surface area contributed by atoms with E-state index in [9.17, 15) is 9.59 Å². The van der Waals surface area contributed by atoms with Gasteiger partial charge in [0.25, 0.3) is 0 Å². The Morgan fingerprint density at radius 1 is 1.44 bits per heavy atom. The third kappa shape index (κ3) is 2.87. The highest BCUT2D eigenvalue weighted by molar-refractivity contribution is 5.86. The SMILES string of the molecule is CCC1CC1NC(=O)NC(C)(CC)C(=O)O. The number of nitrogens with one attached hydrogen (secondary N) is 2. The number of aliphatic carboxylic acids is 1. The van der Waals surface area contributed by atoms with Gasteiger partial charge in [0.1, 0.15) is 5.54 Å². The number of rotatable bonds is 5. The average molecular weight is 228 g/mol. The molecule has 0 aromatic rings. The molecule has 5 heteroatoms. The molecule has 0 spiro atoms. The number of amides is 2. The van der Waals surface area contributed by atoms with E-state index in [2.05, 4.69) is 17.6 Å². The molecule has 0 aromatic carbocycles. The molecule has 1 aliphatic rings. The van der Waals surface area contributed by atoms with Crippen LogP contribution in [-0.2, 0) is 4.79 Å². The number of urea groups is 1. The summed E-state index contributed by atoms with van der Waals surface area (Å²) >= 11 is 0. The van der Waals surface area contributed by atoms with Gasteiger partial charge in [-0.25, -0.2) is 9.59 Å². The Morgan fingerprint density at radius 2 is 2.06 bits per heavy atom. The van der Waals surface area contributed by atoms with Gasteiger partial charge in [-0.05, 0) is 25.7 Å². The van der Waals surface area contributed by atoms with E-state index < -0.39 is 11.5 Å². The summed E-state index contributed by atoms with van der Waals surface area (Å²) in [6.07, 6.45) is 2.41. The average Bonchev–Trinajstić information content (AvgIpc) is 2.95. The van der Waals surface area contributed by atoms with Crippen molar-refractivity contribution in [1.29, 1.82) is 0 Å². The fourth-order valence-corrected chi connectivity index (χ4v) is 1.62. The molecule has 3 unspecified atom stereocenters. The van der Waals surface area contributed by atoms with Gasteiger partial charge >= 0.3 is 12.0 Å². The smallest absolute Gasteiger partial charge is 0.329 e. The summed E-state index contributed by atoms with van der Waals surface area (Å²) in [4.78, 5) is 22.5. The van der Waals surface area contributed by atoms with Crippen molar-refractivity contribution in [2.45, 2.75) is 51.6 Å². The van der Waals surface area contributed by atoms with Crippen molar-refractivity contribution in [3.05, 3.63) is 0 Å². The highest BCUT2D eigenvalue weighted by Crippen LogP contribution is 2.32. The van der Waals surface area contributed by atoms with Gasteiger partial charge in [0, 0.05) is 6.04 Å². The van der Waals surface area contributed by atoms with Crippen molar-refractivity contribution in [1.82, 2.24) is 10.6 Å². The monoisotopic (exact) mass is 228 g/mol. The Labute approximate surface area is 95.6 Å². The molecule has 2 amide bonds. The van der Waals surface area contributed by atoms with E-state index in [0.717, 1.165) is 12.8 Å². The van der Waals surface area contributed by atoms with Crippen LogP contribution >= 0.6 is 0 Å². The molecule has 5 nitrogen and oxygen atoms in total. The van der Waals surface area contributed by atoms with Gasteiger partial charge in [0.15, 0.2) is 0 Å². The van der Waals surface area contributed by atoms with Gasteiger partial charge in [0.05, 0.1) is 0 Å². The quantitative estimate of drug-likeness (QED) is 0.664. The van der Waals surface area contributed by atoms with Crippen molar-refractivity contribution < 1.29 is 14.7 Å². The fraction of sp³-hybridized carbons (Fsp3) is 0.818. The Morgan fingerprint density at radius 3 is 2.44 bits per heavy atom. The van der Waals surface area contributed by atoms with Crippen LogP contribution in [0.25, 0.3) is 0 Å². The third-order valence-electron chi connectivity index (χ3n) is 3.33. The van der Waals surface area contributed by atoms with E-state index in [1.165, 1.54) is 6.92 Å². The van der Waals surface area contributed by atoms with E-state index >= 15 is 0 Å². The zero-order valence-corrected chi connectivity index (χ0v) is 10.0. The van der Waals surface area contributed by atoms with Crippen molar-refractivity contribution in [2.24, 2.45) is 5.92 Å². The van der Waals surface area contributed by atoms with Crippen LogP contribution in [0, 0.1) is 5.92 Å². The zero-order valence-electron chi connectivity index (χ0n) is 10.0. The van der Waals surface area contributed by atoms with Crippen LogP contribution in [0.15, 0.2) is 0 Å². The van der Waals surface area contributed by atoms with Gasteiger partial charge in [-0.15, -0.1) is 0 Å². The van der Waals surface area contributed by atoms with Crippen LogP contribution in [0.5, 0.6) is 0 Å². The Kier molecular flexibility index (Phi) is 3.78. The second kappa shape index (κ2) is 4.72. The van der Waals surface area contributed by atoms with E-state index in [-0.39, 0.29) is 12.1 Å². The maximum Gasteiger partial charge on any atom is 0.329 e. The molecule has 0 aliphatic heterocycles. The summed E-state index contributed by atoms with van der Waals surface area (Å²) in [6.45, 7) is 5.33. The normalized spacial score (nSPS) is 26.7. The lowest BCUT2D eigenvalue weighted by atomic mass is 10.00. The molecular formula is C11H20N2O3. The minimum Gasteiger partial charge on any atom is -0.480 e. The predicted molar refractivity (Wildman–Crippen MR) is 60.2 cm³/mol. The summed E-state index contributed by atoms with van der Waals surface area (Å²) in [6, 6.07) is -0.160. The van der Waals surface area contributed by atoms with Gasteiger partial charge in [0.2, 0.25) is 0 Å². The lowest BCUT2D eigenvalue weighted by Crippen LogP contribution is -2.55. The van der Waals surface area contributed by atoms with Crippen LogP contribution in [0.2, 0.25) is 0 Å². The summed E-state index contributed by atoms with van der Waals surface area (Å²) in [7, 11) is 0. The first-order chi connectivity index (χ1) is 7.42. The molecule has 0 aromatic heterocycles. The minimum atomic E-state index is -1.18. The molecule has 0 heterocycles. The number of carboxylic acid groups (broad SMARTS) is 1. The molecule has 0 bridgehead atoms. The Hall–Kier alpha value is -1.26. The molecule has 3 N–H and O–H groups in total. The van der Waals surface area contributed by atoms with Gasteiger partial charge in [-0.2, -0.15) is 0 Å². The van der Waals surface area contributed by atoms with E-state index in [4.69, 9.17) is 5.11 Å². The summed E-state index contributed by atoms with van der Waals surface area (Å²) < 4.78 is 0. The standard InChI is InChI=1S/C11H20N2O3/c1-4-7-6-8(7)12-10(16)13-11(3,5-2)9(14)15/h7-8H,4-6H2,1-3H3,(H,14,15)(H2,12,13,16). The van der Waals surface area contributed by atoms with Crippen molar-refractivity contribution in [3.63, 3.8) is 0 Å². The number of carboxylic acids is 1. The van der Waals surface area contributed by atoms with E-state index in [0.29, 0.717) is 12.3 Å². The molecule has 92 valence electrons. The summed E-state index contributed by atoms with van der Waals surface area (Å²) in [5.74, 6) is -0.448. The largest absolute Gasteiger partial charge is 0.480 e. The third-order valence-corrected chi connectivity index (χ3v) is 3.33. The topological polar surface area (TPSA) is 78.4 Å². The zero-order chi connectivity index (χ0) is 12.3. The molecule has 1 rings (SSSR count). The minimum absolute atomic E-state index is 0.222. The maximum absolute atomic E-state index is 11.5. The number of hydrogen-bond acceptors (Lipinski definition) is 2. The first-order valence-corrected chi connectivity index (χ1v) is 5.75. The molecule has 3 atom stereocenters. The van der Waals surface area contributed by atoms with Crippen LogP contribution in [0.4, 0.5) is 4.79 Å². The van der Waals surface area contributed by atoms with Gasteiger partial charge in [-0.3, -0.25) is 0 Å². The van der Waals surface area contributed by atoms with Crippen LogP contribution in [0.1, 0.15) is 40.0 Å². The van der Waals surface area contributed by atoms with Crippen LogP contribution in [-0.4, -0.2) is 28.7 Å². The molecular weight excluding hydrogens is 208 g/mol. The Balaban J connectivity index is 2.41. The highest BCUT2D eigenvalue weighted by atomic mass is 16.4. The van der Waals surface area contributed by atoms with Gasteiger partial charge in [-0.1, -0.05) is 20.3 Å².